The van der Waals surface area contributed by atoms with Gasteiger partial charge in [-0.25, -0.2) is 0 Å². The lowest BCUT2D eigenvalue weighted by molar-refractivity contribution is 0.0207. The Balaban J connectivity index is 1.47. The summed E-state index contributed by atoms with van der Waals surface area (Å²) in [7, 11) is 0. The van der Waals surface area contributed by atoms with Crippen molar-refractivity contribution in [3.8, 4) is 0 Å². The van der Waals surface area contributed by atoms with E-state index in [-0.39, 0.29) is 5.60 Å². The van der Waals surface area contributed by atoms with Crippen LogP contribution in [0.3, 0.4) is 0 Å². The number of hydrogen-bond acceptors (Lipinski definition) is 4. The molecule has 0 radical (unpaired) electrons. The van der Waals surface area contributed by atoms with E-state index in [1.165, 1.54) is 17.7 Å². The van der Waals surface area contributed by atoms with Crippen LogP contribution in [0.4, 0.5) is 5.69 Å². The maximum absolute atomic E-state index is 5.80. The fraction of sp³-hybridized carbons (Fsp3) is 0.647. The summed E-state index contributed by atoms with van der Waals surface area (Å²) in [5, 5.41) is 3.52. The second kappa shape index (κ2) is 6.77. The molecular weight excluding hydrogens is 264 g/mol. The summed E-state index contributed by atoms with van der Waals surface area (Å²) in [6.07, 6.45) is 2.35. The summed E-state index contributed by atoms with van der Waals surface area (Å²) in [5.41, 5.74) is 2.66. The number of morpholine rings is 1. The van der Waals surface area contributed by atoms with E-state index in [2.05, 4.69) is 41.4 Å². The minimum atomic E-state index is 0.0355. The Labute approximate surface area is 127 Å². The van der Waals surface area contributed by atoms with Crippen molar-refractivity contribution in [2.75, 3.05) is 44.4 Å². The lowest BCUT2D eigenvalue weighted by Gasteiger charge is -2.29. The van der Waals surface area contributed by atoms with Gasteiger partial charge in [0.05, 0.1) is 18.8 Å². The highest BCUT2D eigenvalue weighted by atomic mass is 16.5. The van der Waals surface area contributed by atoms with E-state index < -0.39 is 0 Å². The van der Waals surface area contributed by atoms with Crippen LogP contribution in [0, 0.1) is 0 Å². The first-order valence-corrected chi connectivity index (χ1v) is 8.02. The van der Waals surface area contributed by atoms with Crippen LogP contribution in [-0.4, -0.2) is 45.1 Å². The standard InChI is InChI=1S/C17H26N2O2/c1-17(7-2-10-21-17)14-18-13-15-3-5-16(6-4-15)19-8-11-20-12-9-19/h3-6,18H,2,7-14H2,1H3. The Bertz CT molecular complexity index is 435. The molecule has 3 rings (SSSR count). The van der Waals surface area contributed by atoms with Crippen LogP contribution >= 0.6 is 0 Å². The van der Waals surface area contributed by atoms with Gasteiger partial charge in [0, 0.05) is 38.5 Å². The Kier molecular flexibility index (Phi) is 4.78. The van der Waals surface area contributed by atoms with E-state index in [9.17, 15) is 0 Å². The highest BCUT2D eigenvalue weighted by Crippen LogP contribution is 2.24. The third-order valence-corrected chi connectivity index (χ3v) is 4.44. The average Bonchev–Trinajstić information content (AvgIpc) is 2.96. The Morgan fingerprint density at radius 1 is 1.14 bits per heavy atom. The van der Waals surface area contributed by atoms with Crippen molar-refractivity contribution >= 4 is 5.69 Å². The maximum atomic E-state index is 5.80. The van der Waals surface area contributed by atoms with Gasteiger partial charge in [-0.3, -0.25) is 0 Å². The Morgan fingerprint density at radius 3 is 2.57 bits per heavy atom. The topological polar surface area (TPSA) is 33.7 Å². The number of rotatable bonds is 5. The zero-order valence-electron chi connectivity index (χ0n) is 12.9. The van der Waals surface area contributed by atoms with Gasteiger partial charge in [-0.1, -0.05) is 12.1 Å². The van der Waals surface area contributed by atoms with E-state index in [4.69, 9.17) is 9.47 Å². The van der Waals surface area contributed by atoms with Gasteiger partial charge in [-0.05, 0) is 37.5 Å². The van der Waals surface area contributed by atoms with Crippen LogP contribution < -0.4 is 10.2 Å². The molecule has 2 heterocycles. The van der Waals surface area contributed by atoms with E-state index in [0.717, 1.165) is 52.4 Å². The van der Waals surface area contributed by atoms with Crippen molar-refractivity contribution in [3.63, 3.8) is 0 Å². The van der Waals surface area contributed by atoms with Gasteiger partial charge in [0.15, 0.2) is 0 Å². The monoisotopic (exact) mass is 290 g/mol. The summed E-state index contributed by atoms with van der Waals surface area (Å²) in [4.78, 5) is 2.38. The number of nitrogens with one attached hydrogen (secondary N) is 1. The SMILES string of the molecule is CC1(CNCc2ccc(N3CCOCC3)cc2)CCCO1. The second-order valence-corrected chi connectivity index (χ2v) is 6.27. The van der Waals surface area contributed by atoms with Gasteiger partial charge >= 0.3 is 0 Å². The quantitative estimate of drug-likeness (QED) is 0.901. The number of benzene rings is 1. The molecule has 1 aromatic carbocycles. The molecule has 0 amide bonds. The molecule has 2 aliphatic rings. The molecule has 4 nitrogen and oxygen atoms in total. The summed E-state index contributed by atoms with van der Waals surface area (Å²) >= 11 is 0. The molecular formula is C17H26N2O2. The molecule has 2 saturated heterocycles. The van der Waals surface area contributed by atoms with Gasteiger partial charge in [-0.2, -0.15) is 0 Å². The highest BCUT2D eigenvalue weighted by molar-refractivity contribution is 5.47. The number of nitrogens with zero attached hydrogens (tertiary/aromatic N) is 1. The van der Waals surface area contributed by atoms with E-state index in [0.29, 0.717) is 0 Å². The summed E-state index contributed by atoms with van der Waals surface area (Å²) in [6, 6.07) is 8.87. The van der Waals surface area contributed by atoms with Crippen molar-refractivity contribution in [2.24, 2.45) is 0 Å². The summed E-state index contributed by atoms with van der Waals surface area (Å²) in [5.74, 6) is 0. The van der Waals surface area contributed by atoms with Crippen molar-refractivity contribution < 1.29 is 9.47 Å². The number of hydrogen-bond donors (Lipinski definition) is 1. The largest absolute Gasteiger partial charge is 0.378 e. The van der Waals surface area contributed by atoms with Crippen LogP contribution in [0.2, 0.25) is 0 Å². The molecule has 1 N–H and O–H groups in total. The first kappa shape index (κ1) is 14.8. The van der Waals surface area contributed by atoms with E-state index in [1.807, 2.05) is 0 Å². The van der Waals surface area contributed by atoms with Crippen LogP contribution in [0.15, 0.2) is 24.3 Å². The highest BCUT2D eigenvalue weighted by Gasteiger charge is 2.28. The molecule has 0 bridgehead atoms. The normalized spacial score (nSPS) is 26.2. The molecule has 21 heavy (non-hydrogen) atoms. The van der Waals surface area contributed by atoms with Crippen LogP contribution in [0.1, 0.15) is 25.3 Å². The lowest BCUT2D eigenvalue weighted by Crippen LogP contribution is -2.37. The van der Waals surface area contributed by atoms with Crippen molar-refractivity contribution in [1.82, 2.24) is 5.32 Å². The van der Waals surface area contributed by atoms with E-state index in [1.54, 1.807) is 0 Å². The molecule has 1 unspecified atom stereocenters. The summed E-state index contributed by atoms with van der Waals surface area (Å²) < 4.78 is 11.2. The van der Waals surface area contributed by atoms with Crippen molar-refractivity contribution in [3.05, 3.63) is 29.8 Å². The summed E-state index contributed by atoms with van der Waals surface area (Å²) in [6.45, 7) is 8.60. The van der Waals surface area contributed by atoms with Gasteiger partial charge in [-0.15, -0.1) is 0 Å². The second-order valence-electron chi connectivity index (χ2n) is 6.27. The average molecular weight is 290 g/mol. The van der Waals surface area contributed by atoms with Gasteiger partial charge in [0.2, 0.25) is 0 Å². The van der Waals surface area contributed by atoms with Crippen LogP contribution in [0.5, 0.6) is 0 Å². The molecule has 116 valence electrons. The molecule has 1 atom stereocenters. The fourth-order valence-corrected chi connectivity index (χ4v) is 3.09. The van der Waals surface area contributed by atoms with E-state index >= 15 is 0 Å². The molecule has 4 heteroatoms. The minimum Gasteiger partial charge on any atom is -0.378 e. The molecule has 1 aromatic rings. The van der Waals surface area contributed by atoms with Crippen molar-refractivity contribution in [2.45, 2.75) is 31.9 Å². The molecule has 0 aromatic heterocycles. The molecule has 2 fully saturated rings. The van der Waals surface area contributed by atoms with Gasteiger partial charge in [0.1, 0.15) is 0 Å². The fourth-order valence-electron chi connectivity index (χ4n) is 3.09. The number of ether oxygens (including phenoxy) is 2. The Morgan fingerprint density at radius 2 is 1.90 bits per heavy atom. The molecule has 0 saturated carbocycles. The first-order chi connectivity index (χ1) is 10.3. The first-order valence-electron chi connectivity index (χ1n) is 8.02. The molecule has 2 aliphatic heterocycles. The predicted molar refractivity (Wildman–Crippen MR) is 84.8 cm³/mol. The third-order valence-electron chi connectivity index (χ3n) is 4.44. The van der Waals surface area contributed by atoms with Crippen LogP contribution in [-0.2, 0) is 16.0 Å². The number of anilines is 1. The van der Waals surface area contributed by atoms with Crippen LogP contribution in [0.25, 0.3) is 0 Å². The zero-order chi connectivity index (χ0) is 14.5. The smallest absolute Gasteiger partial charge is 0.0779 e. The third kappa shape index (κ3) is 3.96. The maximum Gasteiger partial charge on any atom is 0.0779 e. The predicted octanol–water partition coefficient (Wildman–Crippen LogP) is 2.18. The van der Waals surface area contributed by atoms with Crippen molar-refractivity contribution in [1.29, 1.82) is 0 Å². The zero-order valence-corrected chi connectivity index (χ0v) is 12.9. The lowest BCUT2D eigenvalue weighted by atomic mass is 10.0. The minimum absolute atomic E-state index is 0.0355. The van der Waals surface area contributed by atoms with Gasteiger partial charge in [0.25, 0.3) is 0 Å². The molecule has 0 aliphatic carbocycles. The van der Waals surface area contributed by atoms with Gasteiger partial charge < -0.3 is 19.7 Å². The Hall–Kier alpha value is -1.10. The molecule has 0 spiro atoms.